The molecule has 2 heterocycles. The fourth-order valence-corrected chi connectivity index (χ4v) is 4.88. The summed E-state index contributed by atoms with van der Waals surface area (Å²) in [6.45, 7) is 2.55. The third kappa shape index (κ3) is 2.29. The number of fused-ring (bicyclic) bond motifs is 2. The zero-order chi connectivity index (χ0) is 16.0. The molecule has 4 rings (SSSR count). The maximum Gasteiger partial charge on any atom is 0.243 e. The van der Waals surface area contributed by atoms with Gasteiger partial charge in [0.15, 0.2) is 11.5 Å². The second-order valence-electron chi connectivity index (χ2n) is 5.76. The molecule has 0 aromatic heterocycles. The van der Waals surface area contributed by atoms with Gasteiger partial charge in [-0.1, -0.05) is 24.3 Å². The molecule has 2 aliphatic heterocycles. The first-order valence-electron chi connectivity index (χ1n) is 7.57. The van der Waals surface area contributed by atoms with E-state index >= 15 is 0 Å². The van der Waals surface area contributed by atoms with Crippen LogP contribution < -0.4 is 9.47 Å². The molecule has 0 radical (unpaired) electrons. The highest BCUT2D eigenvalue weighted by Gasteiger charge is 2.34. The molecule has 23 heavy (non-hydrogen) atoms. The summed E-state index contributed by atoms with van der Waals surface area (Å²) in [7, 11) is -3.58. The molecule has 5 nitrogen and oxygen atoms in total. The molecule has 2 aliphatic rings. The van der Waals surface area contributed by atoms with Crippen LogP contribution in [0.3, 0.4) is 0 Å². The van der Waals surface area contributed by atoms with Crippen molar-refractivity contribution in [3.63, 3.8) is 0 Å². The van der Waals surface area contributed by atoms with Crippen LogP contribution in [-0.2, 0) is 16.4 Å². The van der Waals surface area contributed by atoms with E-state index in [1.807, 2.05) is 25.1 Å². The van der Waals surface area contributed by atoms with Gasteiger partial charge in [-0.3, -0.25) is 0 Å². The Labute approximate surface area is 135 Å². The van der Waals surface area contributed by atoms with Crippen LogP contribution in [0.4, 0.5) is 0 Å². The molecule has 1 unspecified atom stereocenters. The molecule has 0 saturated heterocycles. The van der Waals surface area contributed by atoms with Crippen LogP contribution in [0, 0.1) is 0 Å². The van der Waals surface area contributed by atoms with Gasteiger partial charge in [0.1, 0.15) is 0 Å². The van der Waals surface area contributed by atoms with Crippen molar-refractivity contribution in [3.05, 3.63) is 53.6 Å². The molecule has 0 saturated carbocycles. The summed E-state index contributed by atoms with van der Waals surface area (Å²) in [5, 5.41) is 0. The average molecular weight is 331 g/mol. The fourth-order valence-electron chi connectivity index (χ4n) is 3.25. The zero-order valence-corrected chi connectivity index (χ0v) is 13.5. The lowest BCUT2D eigenvalue weighted by Gasteiger charge is -2.34. The molecule has 0 bridgehead atoms. The SMILES string of the molecule is CC1c2ccccc2CCN1S(=O)(=O)c1ccc2c(c1)OCO2. The lowest BCUT2D eigenvalue weighted by molar-refractivity contribution is 0.174. The number of hydrogen-bond donors (Lipinski definition) is 0. The number of nitrogens with zero attached hydrogens (tertiary/aromatic N) is 1. The van der Waals surface area contributed by atoms with E-state index in [0.717, 1.165) is 12.0 Å². The molecule has 2 aromatic carbocycles. The molecule has 1 atom stereocenters. The van der Waals surface area contributed by atoms with Gasteiger partial charge in [0.05, 0.1) is 4.90 Å². The van der Waals surface area contributed by atoms with E-state index in [-0.39, 0.29) is 17.7 Å². The number of hydrogen-bond acceptors (Lipinski definition) is 4. The van der Waals surface area contributed by atoms with Gasteiger partial charge in [-0.05, 0) is 36.6 Å². The van der Waals surface area contributed by atoms with Gasteiger partial charge in [-0.15, -0.1) is 0 Å². The third-order valence-corrected chi connectivity index (χ3v) is 6.46. The van der Waals surface area contributed by atoms with Crippen LogP contribution in [0.15, 0.2) is 47.4 Å². The summed E-state index contributed by atoms with van der Waals surface area (Å²) in [4.78, 5) is 0.244. The van der Waals surface area contributed by atoms with Crippen LogP contribution >= 0.6 is 0 Å². The maximum absolute atomic E-state index is 13.0. The highest BCUT2D eigenvalue weighted by atomic mass is 32.2. The lowest BCUT2D eigenvalue weighted by Crippen LogP contribution is -2.38. The molecular formula is C17H17NO4S. The van der Waals surface area contributed by atoms with E-state index < -0.39 is 10.0 Å². The molecule has 6 heteroatoms. The summed E-state index contributed by atoms with van der Waals surface area (Å²) < 4.78 is 38.2. The highest BCUT2D eigenvalue weighted by Crippen LogP contribution is 2.38. The largest absolute Gasteiger partial charge is 0.454 e. The summed E-state index contributed by atoms with van der Waals surface area (Å²) in [6.07, 6.45) is 0.726. The van der Waals surface area contributed by atoms with Crippen molar-refractivity contribution in [3.8, 4) is 11.5 Å². The minimum atomic E-state index is -3.58. The van der Waals surface area contributed by atoms with Crippen LogP contribution in [0.2, 0.25) is 0 Å². The van der Waals surface area contributed by atoms with Crippen molar-refractivity contribution in [2.75, 3.05) is 13.3 Å². The van der Waals surface area contributed by atoms with Crippen molar-refractivity contribution in [1.82, 2.24) is 4.31 Å². The van der Waals surface area contributed by atoms with Crippen molar-refractivity contribution in [2.45, 2.75) is 24.3 Å². The van der Waals surface area contributed by atoms with E-state index in [4.69, 9.17) is 9.47 Å². The molecular weight excluding hydrogens is 314 g/mol. The predicted molar refractivity (Wildman–Crippen MR) is 85.0 cm³/mol. The topological polar surface area (TPSA) is 55.8 Å². The standard InChI is InChI=1S/C17H17NO4S/c1-12-15-5-3-2-4-13(15)8-9-18(12)23(19,20)14-6-7-16-17(10-14)22-11-21-16/h2-7,10,12H,8-9,11H2,1H3. The smallest absolute Gasteiger partial charge is 0.243 e. The Morgan fingerprint density at radius 1 is 1.09 bits per heavy atom. The second kappa shape index (κ2) is 5.25. The maximum atomic E-state index is 13.0. The minimum absolute atomic E-state index is 0.131. The first-order chi connectivity index (χ1) is 11.1. The summed E-state index contributed by atoms with van der Waals surface area (Å²) in [6, 6.07) is 12.6. The normalized spacial score (nSPS) is 20.3. The Kier molecular flexibility index (Phi) is 3.32. The van der Waals surface area contributed by atoms with E-state index in [0.29, 0.717) is 18.0 Å². The van der Waals surface area contributed by atoms with Crippen molar-refractivity contribution < 1.29 is 17.9 Å². The lowest BCUT2D eigenvalue weighted by atomic mass is 9.96. The van der Waals surface area contributed by atoms with E-state index in [1.54, 1.807) is 22.5 Å². The van der Waals surface area contributed by atoms with Gasteiger partial charge >= 0.3 is 0 Å². The number of ether oxygens (including phenoxy) is 2. The van der Waals surface area contributed by atoms with Crippen molar-refractivity contribution in [2.24, 2.45) is 0 Å². The van der Waals surface area contributed by atoms with Gasteiger partial charge in [-0.2, -0.15) is 4.31 Å². The van der Waals surface area contributed by atoms with Crippen LogP contribution in [0.5, 0.6) is 11.5 Å². The Bertz CT molecular complexity index is 863. The average Bonchev–Trinajstić information content (AvgIpc) is 3.03. The quantitative estimate of drug-likeness (QED) is 0.849. The predicted octanol–water partition coefficient (Wildman–Crippen LogP) is 2.72. The van der Waals surface area contributed by atoms with Crippen molar-refractivity contribution in [1.29, 1.82) is 0 Å². The highest BCUT2D eigenvalue weighted by molar-refractivity contribution is 7.89. The Morgan fingerprint density at radius 2 is 1.87 bits per heavy atom. The van der Waals surface area contributed by atoms with Gasteiger partial charge in [-0.25, -0.2) is 8.42 Å². The van der Waals surface area contributed by atoms with E-state index in [1.165, 1.54) is 5.56 Å². The monoisotopic (exact) mass is 331 g/mol. The fraction of sp³-hybridized carbons (Fsp3) is 0.294. The van der Waals surface area contributed by atoms with E-state index in [2.05, 4.69) is 6.07 Å². The van der Waals surface area contributed by atoms with Crippen molar-refractivity contribution >= 4 is 10.0 Å². The summed E-state index contributed by atoms with van der Waals surface area (Å²) >= 11 is 0. The molecule has 0 amide bonds. The first-order valence-corrected chi connectivity index (χ1v) is 9.01. The number of rotatable bonds is 2. The molecule has 0 fully saturated rings. The Balaban J connectivity index is 1.72. The van der Waals surface area contributed by atoms with Crippen LogP contribution in [0.25, 0.3) is 0 Å². The molecule has 0 spiro atoms. The third-order valence-electron chi connectivity index (χ3n) is 4.49. The Morgan fingerprint density at radius 3 is 2.74 bits per heavy atom. The molecule has 0 N–H and O–H groups in total. The number of benzene rings is 2. The van der Waals surface area contributed by atoms with E-state index in [9.17, 15) is 8.42 Å². The van der Waals surface area contributed by atoms with Gasteiger partial charge in [0.25, 0.3) is 0 Å². The zero-order valence-electron chi connectivity index (χ0n) is 12.7. The molecule has 120 valence electrons. The van der Waals surface area contributed by atoms with Crippen LogP contribution in [-0.4, -0.2) is 26.1 Å². The number of sulfonamides is 1. The summed E-state index contributed by atoms with van der Waals surface area (Å²) in [5.41, 5.74) is 2.29. The van der Waals surface area contributed by atoms with Gasteiger partial charge < -0.3 is 9.47 Å². The second-order valence-corrected chi connectivity index (χ2v) is 7.65. The molecule has 2 aromatic rings. The summed E-state index contributed by atoms with van der Waals surface area (Å²) in [5.74, 6) is 1.07. The van der Waals surface area contributed by atoms with Gasteiger partial charge in [0, 0.05) is 18.7 Å². The minimum Gasteiger partial charge on any atom is -0.454 e. The Hall–Kier alpha value is -2.05. The van der Waals surface area contributed by atoms with Gasteiger partial charge in [0.2, 0.25) is 16.8 Å². The van der Waals surface area contributed by atoms with Crippen LogP contribution in [0.1, 0.15) is 24.1 Å². The first kappa shape index (κ1) is 14.5. The molecule has 0 aliphatic carbocycles.